The molecule has 43 heavy (non-hydrogen) atoms. The van der Waals surface area contributed by atoms with Crippen LogP contribution in [-0.2, 0) is 16.9 Å². The minimum atomic E-state index is -5.06. The normalized spacial score (nSPS) is 12.8. The lowest BCUT2D eigenvalue weighted by Gasteiger charge is -2.32. The first-order chi connectivity index (χ1) is 20.5. The number of hydrogen-bond donors (Lipinski definition) is 0. The van der Waals surface area contributed by atoms with Gasteiger partial charge < -0.3 is 4.74 Å². The third-order valence-corrected chi connectivity index (χ3v) is 6.91. The Labute approximate surface area is 242 Å². The molecular formula is C30H21F3N6O4. The number of fused-ring (bicyclic) bond motifs is 1. The summed E-state index contributed by atoms with van der Waals surface area (Å²) in [5.41, 5.74) is -1.32. The smallest absolute Gasteiger partial charge is 0.434 e. The predicted molar refractivity (Wildman–Crippen MR) is 148 cm³/mol. The van der Waals surface area contributed by atoms with E-state index in [0.717, 1.165) is 47.0 Å². The maximum Gasteiger partial charge on any atom is 0.434 e. The zero-order chi connectivity index (χ0) is 30.8. The van der Waals surface area contributed by atoms with E-state index < -0.39 is 34.8 Å². The van der Waals surface area contributed by atoms with Gasteiger partial charge in [-0.2, -0.15) is 18.4 Å². The number of hydrogen-bond acceptors (Lipinski definition) is 8. The van der Waals surface area contributed by atoms with Crippen LogP contribution in [0.5, 0.6) is 0 Å². The van der Waals surface area contributed by atoms with Crippen molar-refractivity contribution < 1.29 is 27.6 Å². The lowest BCUT2D eigenvalue weighted by Crippen LogP contribution is -2.46. The molecule has 216 valence electrons. The number of rotatable bonds is 8. The van der Waals surface area contributed by atoms with Gasteiger partial charge in [-0.15, -0.1) is 5.10 Å². The first-order valence-electron chi connectivity index (χ1n) is 12.9. The first-order valence-corrected chi connectivity index (χ1v) is 12.9. The molecule has 0 saturated heterocycles. The van der Waals surface area contributed by atoms with Gasteiger partial charge in [0.15, 0.2) is 0 Å². The Kier molecular flexibility index (Phi) is 7.60. The molecule has 0 spiro atoms. The van der Waals surface area contributed by atoms with Crippen molar-refractivity contribution in [1.29, 1.82) is 5.26 Å². The number of aromatic nitrogens is 4. The van der Waals surface area contributed by atoms with Crippen molar-refractivity contribution in [2.45, 2.75) is 31.7 Å². The van der Waals surface area contributed by atoms with Crippen LogP contribution in [-0.4, -0.2) is 37.0 Å². The van der Waals surface area contributed by atoms with Gasteiger partial charge in [-0.05, 0) is 47.4 Å². The molecule has 2 heterocycles. The van der Waals surface area contributed by atoms with Gasteiger partial charge in [-0.3, -0.25) is 10.1 Å². The third-order valence-electron chi connectivity index (χ3n) is 6.91. The molecule has 0 aliphatic carbocycles. The van der Waals surface area contributed by atoms with Crippen molar-refractivity contribution in [3.63, 3.8) is 0 Å². The summed E-state index contributed by atoms with van der Waals surface area (Å²) in [4.78, 5) is 27.3. The van der Waals surface area contributed by atoms with Crippen LogP contribution in [0, 0.1) is 21.4 Å². The summed E-state index contributed by atoms with van der Waals surface area (Å²) < 4.78 is 49.7. The van der Waals surface area contributed by atoms with E-state index in [2.05, 4.69) is 21.4 Å². The van der Waals surface area contributed by atoms with Crippen molar-refractivity contribution in [1.82, 2.24) is 20.0 Å². The monoisotopic (exact) mass is 586 g/mol. The molecule has 2 aromatic heterocycles. The summed E-state index contributed by atoms with van der Waals surface area (Å²) in [6.45, 7) is 1.21. The number of carbonyl (C=O) groups is 1. The molecule has 0 fully saturated rings. The molecule has 5 rings (SSSR count). The summed E-state index contributed by atoms with van der Waals surface area (Å²) >= 11 is 0. The van der Waals surface area contributed by atoms with Crippen LogP contribution in [0.1, 0.15) is 40.7 Å². The predicted octanol–water partition coefficient (Wildman–Crippen LogP) is 6.35. The number of ether oxygens (including phenoxy) is 1. The lowest BCUT2D eigenvalue weighted by molar-refractivity contribution is -0.384. The number of nitrogens with zero attached hydrogens (tertiary/aromatic N) is 6. The number of carbonyl (C=O) groups excluding carboxylic acids is 1. The molecule has 1 atom stereocenters. The Hall–Kier alpha value is -5.64. The number of halogens is 3. The largest absolute Gasteiger partial charge is 0.439 e. The zero-order valence-corrected chi connectivity index (χ0v) is 22.4. The van der Waals surface area contributed by atoms with Crippen molar-refractivity contribution in [3.8, 4) is 17.2 Å². The van der Waals surface area contributed by atoms with E-state index in [1.54, 1.807) is 18.2 Å². The molecule has 0 saturated carbocycles. The fraction of sp³-hybridized carbons (Fsp3) is 0.167. The second-order valence-electron chi connectivity index (χ2n) is 9.56. The average molecular weight is 587 g/mol. The quantitative estimate of drug-likeness (QED) is 0.117. The highest BCUT2D eigenvalue weighted by molar-refractivity contribution is 5.95. The molecule has 0 aliphatic heterocycles. The zero-order valence-electron chi connectivity index (χ0n) is 22.4. The SMILES string of the molecule is CC[C@](OC(=O)c1ccc([N+](=O)[O-])cc1)(c1cn(Cc2ccc3c(-c4ccccc4)cc(C#N)nc3c2)nn1)C(F)(F)F. The van der Waals surface area contributed by atoms with E-state index in [9.17, 15) is 33.3 Å². The van der Waals surface area contributed by atoms with Crippen molar-refractivity contribution in [2.75, 3.05) is 0 Å². The number of esters is 1. The van der Waals surface area contributed by atoms with Crippen LogP contribution in [0.15, 0.2) is 85.1 Å². The van der Waals surface area contributed by atoms with E-state index in [0.29, 0.717) is 11.1 Å². The van der Waals surface area contributed by atoms with Gasteiger partial charge in [-0.1, -0.05) is 54.6 Å². The second kappa shape index (κ2) is 11.3. The number of nitriles is 1. The van der Waals surface area contributed by atoms with Crippen molar-refractivity contribution in [3.05, 3.63) is 118 Å². The van der Waals surface area contributed by atoms with Gasteiger partial charge in [0.1, 0.15) is 17.5 Å². The molecule has 3 aromatic carbocycles. The number of nitro benzene ring substituents is 1. The Bertz CT molecular complexity index is 1870. The van der Waals surface area contributed by atoms with Crippen LogP contribution >= 0.6 is 0 Å². The van der Waals surface area contributed by atoms with Gasteiger partial charge in [0.25, 0.3) is 11.3 Å². The molecule has 0 unspecified atom stereocenters. The van der Waals surface area contributed by atoms with Crippen LogP contribution in [0.2, 0.25) is 0 Å². The number of alkyl halides is 3. The highest BCUT2D eigenvalue weighted by Gasteiger charge is 2.60. The molecule has 10 nitrogen and oxygen atoms in total. The summed E-state index contributed by atoms with van der Waals surface area (Å²) in [5.74, 6) is -1.33. The minimum Gasteiger partial charge on any atom is -0.439 e. The molecule has 0 amide bonds. The highest BCUT2D eigenvalue weighted by atomic mass is 19.4. The van der Waals surface area contributed by atoms with Gasteiger partial charge in [0.2, 0.25) is 0 Å². The van der Waals surface area contributed by atoms with Crippen LogP contribution in [0.25, 0.3) is 22.0 Å². The van der Waals surface area contributed by atoms with E-state index in [-0.39, 0.29) is 23.5 Å². The number of nitro groups is 1. The summed E-state index contributed by atoms with van der Waals surface area (Å²) in [6.07, 6.45) is -4.71. The van der Waals surface area contributed by atoms with Gasteiger partial charge >= 0.3 is 12.1 Å². The molecule has 0 N–H and O–H groups in total. The molecule has 0 aliphatic rings. The Balaban J connectivity index is 1.45. The van der Waals surface area contributed by atoms with Crippen LogP contribution < -0.4 is 0 Å². The Morgan fingerprint density at radius 2 is 1.79 bits per heavy atom. The average Bonchev–Trinajstić information content (AvgIpc) is 3.47. The van der Waals surface area contributed by atoms with E-state index in [4.69, 9.17) is 4.74 Å². The molecular weight excluding hydrogens is 565 g/mol. The Morgan fingerprint density at radius 3 is 2.42 bits per heavy atom. The van der Waals surface area contributed by atoms with E-state index in [1.807, 2.05) is 36.4 Å². The Morgan fingerprint density at radius 1 is 1.07 bits per heavy atom. The van der Waals surface area contributed by atoms with Crippen LogP contribution in [0.3, 0.4) is 0 Å². The standard InChI is InChI=1S/C30H21F3N6O4/c1-2-29(30(31,32)33,43-28(40)21-9-11-23(12-10-21)39(41)42)27-18-38(37-36-27)17-19-8-13-24-25(20-6-4-3-5-7-20)15-22(16-34)35-26(24)14-19/h3-15,18H,2,17H2,1H3/t29-/m0/s1. The maximum atomic E-state index is 14.5. The van der Waals surface area contributed by atoms with Crippen molar-refractivity contribution in [2.24, 2.45) is 0 Å². The topological polar surface area (TPSA) is 137 Å². The summed E-state index contributed by atoms with van der Waals surface area (Å²) in [7, 11) is 0. The summed E-state index contributed by atoms with van der Waals surface area (Å²) in [6, 6.07) is 22.5. The maximum absolute atomic E-state index is 14.5. The molecule has 0 radical (unpaired) electrons. The highest BCUT2D eigenvalue weighted by Crippen LogP contribution is 2.44. The first kappa shape index (κ1) is 28.9. The number of pyridine rings is 1. The molecule has 0 bridgehead atoms. The van der Waals surface area contributed by atoms with Gasteiger partial charge in [0.05, 0.1) is 28.7 Å². The van der Waals surface area contributed by atoms with Gasteiger partial charge in [0, 0.05) is 17.5 Å². The number of benzene rings is 3. The van der Waals surface area contributed by atoms with Gasteiger partial charge in [-0.25, -0.2) is 14.5 Å². The fourth-order valence-corrected chi connectivity index (χ4v) is 4.68. The third kappa shape index (κ3) is 5.62. The summed E-state index contributed by atoms with van der Waals surface area (Å²) in [5, 5.41) is 28.8. The second-order valence-corrected chi connectivity index (χ2v) is 9.56. The minimum absolute atomic E-state index is 0.00994. The molecule has 5 aromatic rings. The van der Waals surface area contributed by atoms with Crippen molar-refractivity contribution >= 4 is 22.6 Å². The lowest BCUT2D eigenvalue weighted by atomic mass is 9.95. The van der Waals surface area contributed by atoms with Crippen LogP contribution in [0.4, 0.5) is 18.9 Å². The number of non-ortho nitro benzene ring substituents is 1. The fourth-order valence-electron chi connectivity index (χ4n) is 4.68. The van der Waals surface area contributed by atoms with E-state index in [1.165, 1.54) is 11.6 Å². The molecule has 13 heteroatoms. The van der Waals surface area contributed by atoms with E-state index >= 15 is 0 Å².